The molecule has 0 atom stereocenters. The average molecular weight is 522 g/mol. The minimum absolute atomic E-state index is 0. The van der Waals surface area contributed by atoms with Crippen molar-refractivity contribution in [2.75, 3.05) is 0 Å². The third kappa shape index (κ3) is 4.16. The summed E-state index contributed by atoms with van der Waals surface area (Å²) in [7, 11) is 0. The van der Waals surface area contributed by atoms with E-state index in [0.717, 1.165) is 10.9 Å². The minimum atomic E-state index is 0. The largest absolute Gasteiger partial charge is 0.512 e. The van der Waals surface area contributed by atoms with Gasteiger partial charge in [0.15, 0.2) is 0 Å². The molecule has 3 aromatic carbocycles. The molecule has 0 unspecified atom stereocenters. The van der Waals surface area contributed by atoms with Gasteiger partial charge in [-0.25, -0.2) is 0 Å². The van der Waals surface area contributed by atoms with Crippen LogP contribution in [0.5, 0.6) is 0 Å². The number of hydrogen-bond donors (Lipinski definition) is 1. The van der Waals surface area contributed by atoms with Crippen molar-refractivity contribution in [3.63, 3.8) is 0 Å². The fraction of sp³-hybridized carbons (Fsp3) is 0.0909. The number of carbonyl (C=O) groups excluding carboxylic acids is 1. The monoisotopic (exact) mass is 522 g/mol. The molecule has 1 heterocycles. The number of ketones is 1. The van der Waals surface area contributed by atoms with Gasteiger partial charge in [0.05, 0.1) is 18.8 Å². The zero-order chi connectivity index (χ0) is 17.8. The summed E-state index contributed by atoms with van der Waals surface area (Å²) in [6.07, 6.45) is 3.12. The summed E-state index contributed by atoms with van der Waals surface area (Å²) in [5, 5.41) is 14.5. The molecule has 2 N–H and O–H groups in total. The van der Waals surface area contributed by atoms with Gasteiger partial charge in [-0.15, -0.1) is 29.7 Å². The molecule has 133 valence electrons. The summed E-state index contributed by atoms with van der Waals surface area (Å²) in [6.45, 7) is 3.00. The number of benzene rings is 3. The minimum Gasteiger partial charge on any atom is -0.512 e. The van der Waals surface area contributed by atoms with Crippen molar-refractivity contribution in [2.45, 2.75) is 13.8 Å². The molecule has 0 saturated carbocycles. The van der Waals surface area contributed by atoms with Gasteiger partial charge >= 0.3 is 5.78 Å². The predicted molar refractivity (Wildman–Crippen MR) is 105 cm³/mol. The van der Waals surface area contributed by atoms with Crippen LogP contribution in [-0.2, 0) is 20.1 Å². The third-order valence-corrected chi connectivity index (χ3v) is 3.83. The van der Waals surface area contributed by atoms with Gasteiger partial charge in [0, 0.05) is 26.3 Å². The molecule has 4 aromatic rings. The van der Waals surface area contributed by atoms with Gasteiger partial charge in [-0.05, 0) is 29.3 Å². The van der Waals surface area contributed by atoms with Crippen molar-refractivity contribution in [3.8, 4) is 0 Å². The van der Waals surface area contributed by atoms with Crippen molar-refractivity contribution >= 4 is 38.2 Å². The molecule has 0 aliphatic heterocycles. The van der Waals surface area contributed by atoms with Gasteiger partial charge in [0.25, 0.3) is 0 Å². The fourth-order valence-electron chi connectivity index (χ4n) is 2.93. The van der Waals surface area contributed by atoms with Crippen molar-refractivity contribution in [1.29, 1.82) is 0 Å². The van der Waals surface area contributed by atoms with Crippen LogP contribution >= 0.6 is 0 Å². The smallest absolute Gasteiger partial charge is 0.316 e. The second-order valence-electron chi connectivity index (χ2n) is 5.83. The van der Waals surface area contributed by atoms with E-state index in [-0.39, 0.29) is 31.6 Å². The maximum atomic E-state index is 8.40. The van der Waals surface area contributed by atoms with Gasteiger partial charge in [0.2, 0.25) is 0 Å². The van der Waals surface area contributed by atoms with E-state index in [1.165, 1.54) is 41.5 Å². The number of aliphatic hydroxyl groups excluding tert-OH is 1. The van der Waals surface area contributed by atoms with Crippen LogP contribution < -0.4 is 0 Å². The van der Waals surface area contributed by atoms with Gasteiger partial charge in [-0.3, -0.25) is 4.79 Å². The van der Waals surface area contributed by atoms with Gasteiger partial charge in [-0.2, -0.15) is 0 Å². The number of fused-ring (bicyclic) bond motifs is 6. The molecular weight excluding hydrogens is 502 g/mol. The quantitative estimate of drug-likeness (QED) is 0.121. The first-order chi connectivity index (χ1) is 12.1. The van der Waals surface area contributed by atoms with Gasteiger partial charge < -0.3 is 10.1 Å². The molecule has 0 aliphatic rings. The Morgan fingerprint density at radius 3 is 2.19 bits per heavy atom. The summed E-state index contributed by atoms with van der Waals surface area (Å²) in [5.41, 5.74) is 1.03. The summed E-state index contributed by atoms with van der Waals surface area (Å²) in [5.74, 6) is 0.250. The van der Waals surface area contributed by atoms with E-state index >= 15 is 0 Å². The van der Waals surface area contributed by atoms with Crippen molar-refractivity contribution in [3.05, 3.63) is 78.7 Å². The molecule has 0 saturated heterocycles. The number of nitrogens with zero attached hydrogens (tertiary/aromatic N) is 1. The molecule has 0 bridgehead atoms. The zero-order valence-electron chi connectivity index (χ0n) is 14.5. The van der Waals surface area contributed by atoms with Crippen LogP contribution in [0.25, 0.3) is 32.4 Å². The standard InChI is InChI=1S/C17H10N.C5H8O2.Ir/c1-2-7-14-12(6-1)13-8-3-4-9-15(13)17-16(14)10-5-11-18-17;1-4(6)3-5(2)7;/h1-8,10-11H;3,6H,1-2H3;/q-1;;/p+1/b;4-3-;. The molecule has 3 nitrogen and oxygen atoms in total. The molecule has 26 heavy (non-hydrogen) atoms. The summed E-state index contributed by atoms with van der Waals surface area (Å²) in [4.78, 5) is 12.9. The van der Waals surface area contributed by atoms with E-state index in [0.29, 0.717) is 0 Å². The van der Waals surface area contributed by atoms with Crippen molar-refractivity contribution in [2.24, 2.45) is 0 Å². The number of aromatic nitrogens is 1. The van der Waals surface area contributed by atoms with Crippen LogP contribution in [-0.4, -0.2) is 20.7 Å². The van der Waals surface area contributed by atoms with E-state index in [9.17, 15) is 0 Å². The topological polar surface area (TPSA) is 54.5 Å². The second kappa shape index (κ2) is 8.70. The van der Waals surface area contributed by atoms with Gasteiger partial charge in [-0.1, -0.05) is 41.1 Å². The fourth-order valence-corrected chi connectivity index (χ4v) is 2.93. The Kier molecular flexibility index (Phi) is 6.62. The Bertz CT molecular complexity index is 878. The van der Waals surface area contributed by atoms with Crippen molar-refractivity contribution in [1.82, 2.24) is 4.98 Å². The van der Waals surface area contributed by atoms with Crippen LogP contribution in [0, 0.1) is 6.07 Å². The van der Waals surface area contributed by atoms with E-state index < -0.39 is 0 Å². The Balaban J connectivity index is 0.000000265. The Morgan fingerprint density at radius 1 is 0.962 bits per heavy atom. The first kappa shape index (κ1) is 19.8. The Labute approximate surface area is 165 Å². The molecule has 0 spiro atoms. The van der Waals surface area contributed by atoms with E-state index in [2.05, 4.69) is 47.4 Å². The summed E-state index contributed by atoms with van der Waals surface area (Å²) < 4.78 is 0. The van der Waals surface area contributed by atoms with Crippen LogP contribution in [0.3, 0.4) is 0 Å². The molecule has 4 rings (SSSR count). The van der Waals surface area contributed by atoms with E-state index in [1.807, 2.05) is 24.4 Å². The molecule has 0 amide bonds. The van der Waals surface area contributed by atoms with Crippen LogP contribution in [0.15, 0.2) is 72.6 Å². The first-order valence-corrected chi connectivity index (χ1v) is 8.03. The summed E-state index contributed by atoms with van der Waals surface area (Å²) in [6, 6.07) is 22.0. The van der Waals surface area contributed by atoms with E-state index in [1.54, 1.807) is 0 Å². The predicted octanol–water partition coefficient (Wildman–Crippen LogP) is 5.35. The number of aliphatic hydroxyl groups is 1. The van der Waals surface area contributed by atoms with Gasteiger partial charge in [0.1, 0.15) is 0 Å². The first-order valence-electron chi connectivity index (χ1n) is 8.03. The normalized spacial score (nSPS) is 10.9. The van der Waals surface area contributed by atoms with Crippen LogP contribution in [0.1, 0.15) is 13.8 Å². The number of allylic oxidation sites excluding steroid dienone is 2. The van der Waals surface area contributed by atoms with Crippen molar-refractivity contribution < 1.29 is 30.0 Å². The average Bonchev–Trinajstić information content (AvgIpc) is 2.61. The second-order valence-corrected chi connectivity index (χ2v) is 5.83. The number of pyridine rings is 1. The third-order valence-electron chi connectivity index (χ3n) is 3.83. The Hall–Kier alpha value is -2.55. The Morgan fingerprint density at radius 2 is 1.58 bits per heavy atom. The maximum Gasteiger partial charge on any atom is 0.316 e. The molecule has 1 radical (unpaired) electrons. The number of hydrogen-bond acceptors (Lipinski definition) is 2. The molecule has 0 fully saturated rings. The zero-order valence-corrected chi connectivity index (χ0v) is 16.9. The maximum absolute atomic E-state index is 8.40. The molecule has 4 heteroatoms. The molecule has 1 aromatic heterocycles. The van der Waals surface area contributed by atoms with Crippen LogP contribution in [0.4, 0.5) is 0 Å². The summed E-state index contributed by atoms with van der Waals surface area (Å²) >= 11 is 0. The molecular formula is C22H19IrNO2. The van der Waals surface area contributed by atoms with E-state index in [4.69, 9.17) is 9.90 Å². The SMILES string of the molecule is CC(=[OH+])/C=C(/C)O.[Ir].[c-]1cccc2c1c1ncccc1c1ccccc21. The number of rotatable bonds is 1. The molecule has 0 aliphatic carbocycles. The van der Waals surface area contributed by atoms with Crippen LogP contribution in [0.2, 0.25) is 0 Å².